The molecule has 0 radical (unpaired) electrons. The van der Waals surface area contributed by atoms with E-state index in [0.29, 0.717) is 17.2 Å². The first-order chi connectivity index (χ1) is 11.6. The smallest absolute Gasteiger partial charge is 0.163 e. The number of aryl methyl sites for hydroxylation is 1. The van der Waals surface area contributed by atoms with Crippen molar-refractivity contribution in [2.75, 3.05) is 7.05 Å². The van der Waals surface area contributed by atoms with Gasteiger partial charge in [-0.05, 0) is 47.0 Å². The maximum Gasteiger partial charge on any atom is 0.163 e. The van der Waals surface area contributed by atoms with Crippen LogP contribution >= 0.6 is 0 Å². The average molecular weight is 330 g/mol. The number of nitroso groups, excluding NO2 is 1. The lowest BCUT2D eigenvalue weighted by molar-refractivity contribution is -0.825. The Kier molecular flexibility index (Phi) is 7.70. The minimum absolute atomic E-state index is 0.380. The lowest BCUT2D eigenvalue weighted by atomic mass is 9.97. The summed E-state index contributed by atoms with van der Waals surface area (Å²) in [5.41, 5.74) is 8.03. The minimum Gasteiger partial charge on any atom is -0.308 e. The lowest BCUT2D eigenvalue weighted by Gasteiger charge is -2.11. The van der Waals surface area contributed by atoms with Crippen LogP contribution in [0.4, 0.5) is 11.4 Å². The van der Waals surface area contributed by atoms with Gasteiger partial charge in [0, 0.05) is 24.7 Å². The summed E-state index contributed by atoms with van der Waals surface area (Å²) in [6, 6.07) is 10.7. The first-order valence-corrected chi connectivity index (χ1v) is 7.63. The number of hydrogen-bond donors (Lipinski definition) is 4. The summed E-state index contributed by atoms with van der Waals surface area (Å²) in [6.07, 6.45) is 0. The normalized spacial score (nSPS) is 10.7. The SMILES string of the molecule is CC.CN=C(NN)c1cc([NH2+]O)cc(-c2ccc(N=O)cc2C)c1. The van der Waals surface area contributed by atoms with E-state index >= 15 is 0 Å². The summed E-state index contributed by atoms with van der Waals surface area (Å²) in [6.45, 7) is 5.90. The van der Waals surface area contributed by atoms with Crippen LogP contribution in [0.1, 0.15) is 25.0 Å². The molecule has 0 aromatic heterocycles. The summed E-state index contributed by atoms with van der Waals surface area (Å²) in [4.78, 5) is 14.7. The Morgan fingerprint density at radius 1 is 1.21 bits per heavy atom. The predicted octanol–water partition coefficient (Wildman–Crippen LogP) is 2.51. The van der Waals surface area contributed by atoms with E-state index in [2.05, 4.69) is 15.6 Å². The Bertz CT molecular complexity index is 729. The fourth-order valence-corrected chi connectivity index (χ4v) is 2.32. The van der Waals surface area contributed by atoms with E-state index in [1.165, 1.54) is 0 Å². The molecule has 128 valence electrons. The summed E-state index contributed by atoms with van der Waals surface area (Å²) in [5.74, 6) is 5.97. The van der Waals surface area contributed by atoms with Gasteiger partial charge in [-0.1, -0.05) is 19.9 Å². The highest BCUT2D eigenvalue weighted by Crippen LogP contribution is 2.29. The Hall–Kier alpha value is -2.61. The van der Waals surface area contributed by atoms with E-state index in [1.807, 2.05) is 39.0 Å². The highest BCUT2D eigenvalue weighted by Gasteiger charge is 2.11. The number of aliphatic imine (C=N–C) groups is 1. The number of hydrazine groups is 1. The van der Waals surface area contributed by atoms with Gasteiger partial charge in [-0.25, -0.2) is 11.0 Å². The van der Waals surface area contributed by atoms with Crippen LogP contribution in [-0.4, -0.2) is 18.1 Å². The molecule has 0 spiro atoms. The van der Waals surface area contributed by atoms with Crippen molar-refractivity contribution < 1.29 is 10.7 Å². The zero-order chi connectivity index (χ0) is 18.1. The monoisotopic (exact) mass is 330 g/mol. The van der Waals surface area contributed by atoms with Crippen molar-refractivity contribution in [3.8, 4) is 11.1 Å². The van der Waals surface area contributed by atoms with Gasteiger partial charge in [0.2, 0.25) is 0 Å². The number of nitrogens with zero attached hydrogens (tertiary/aromatic N) is 2. The van der Waals surface area contributed by atoms with Crippen molar-refractivity contribution in [3.05, 3.63) is 52.4 Å². The molecule has 0 aliphatic rings. The van der Waals surface area contributed by atoms with Gasteiger partial charge in [0.25, 0.3) is 0 Å². The van der Waals surface area contributed by atoms with E-state index in [0.717, 1.165) is 27.7 Å². The first kappa shape index (κ1) is 19.4. The second kappa shape index (κ2) is 9.51. The Morgan fingerprint density at radius 3 is 2.42 bits per heavy atom. The van der Waals surface area contributed by atoms with Gasteiger partial charge < -0.3 is 5.43 Å². The zero-order valence-electron chi connectivity index (χ0n) is 14.4. The zero-order valence-corrected chi connectivity index (χ0v) is 14.4. The molecule has 0 atom stereocenters. The van der Waals surface area contributed by atoms with Crippen LogP contribution in [-0.2, 0) is 0 Å². The molecule has 7 heteroatoms. The third-order valence-corrected chi connectivity index (χ3v) is 3.36. The molecule has 0 fully saturated rings. The largest absolute Gasteiger partial charge is 0.308 e. The van der Waals surface area contributed by atoms with Crippen molar-refractivity contribution in [2.45, 2.75) is 20.8 Å². The minimum atomic E-state index is 0.380. The van der Waals surface area contributed by atoms with E-state index in [-0.39, 0.29) is 0 Å². The van der Waals surface area contributed by atoms with Gasteiger partial charge in [0.05, 0.1) is 0 Å². The third-order valence-electron chi connectivity index (χ3n) is 3.36. The van der Waals surface area contributed by atoms with Gasteiger partial charge in [-0.2, -0.15) is 5.48 Å². The second-order valence-corrected chi connectivity index (χ2v) is 4.78. The number of quaternary nitrogens is 1. The highest BCUT2D eigenvalue weighted by molar-refractivity contribution is 6.00. The number of hydrogen-bond acceptors (Lipinski definition) is 5. The molecule has 2 rings (SSSR count). The van der Waals surface area contributed by atoms with Crippen LogP contribution in [0.3, 0.4) is 0 Å². The Labute approximate surface area is 141 Å². The van der Waals surface area contributed by atoms with E-state index in [4.69, 9.17) is 5.84 Å². The van der Waals surface area contributed by atoms with Gasteiger partial charge in [0.15, 0.2) is 5.69 Å². The van der Waals surface area contributed by atoms with Gasteiger partial charge in [-0.3, -0.25) is 4.99 Å². The predicted molar refractivity (Wildman–Crippen MR) is 96.6 cm³/mol. The molecule has 0 aliphatic carbocycles. The first-order valence-electron chi connectivity index (χ1n) is 7.63. The molecule has 0 unspecified atom stereocenters. The average Bonchev–Trinajstić information content (AvgIpc) is 2.64. The van der Waals surface area contributed by atoms with Crippen LogP contribution in [0.5, 0.6) is 0 Å². The number of nitrogens with one attached hydrogen (secondary N) is 1. The van der Waals surface area contributed by atoms with Crippen molar-refractivity contribution in [1.82, 2.24) is 5.43 Å². The third kappa shape index (κ3) is 4.45. The number of rotatable bonds is 4. The molecule has 24 heavy (non-hydrogen) atoms. The van der Waals surface area contributed by atoms with E-state index in [1.54, 1.807) is 25.2 Å². The van der Waals surface area contributed by atoms with Crippen LogP contribution in [0, 0.1) is 11.8 Å². The molecule has 0 saturated heterocycles. The standard InChI is InChI=1S/C15H17N5O2.C2H6/c1-9-5-12(19-21)3-4-14(9)10-6-11(15(17-2)18-16)8-13(7-10)20-22;1-2/h3-8,20,22H,16H2,1-2H3,(H,17,18);1-2H3/p+1. The number of nitrogens with two attached hydrogens (primary N) is 2. The summed E-state index contributed by atoms with van der Waals surface area (Å²) < 4.78 is 0. The van der Waals surface area contributed by atoms with Crippen molar-refractivity contribution in [3.63, 3.8) is 0 Å². The fourth-order valence-electron chi connectivity index (χ4n) is 2.32. The molecule has 0 saturated carbocycles. The molecule has 2 aromatic carbocycles. The quantitative estimate of drug-likeness (QED) is 0.172. The van der Waals surface area contributed by atoms with Crippen molar-refractivity contribution in [2.24, 2.45) is 16.0 Å². The van der Waals surface area contributed by atoms with Gasteiger partial charge >= 0.3 is 0 Å². The number of amidine groups is 1. The maximum atomic E-state index is 10.6. The molecule has 2 aromatic rings. The topological polar surface area (TPSA) is 117 Å². The number of benzene rings is 2. The lowest BCUT2D eigenvalue weighted by Crippen LogP contribution is -2.73. The summed E-state index contributed by atoms with van der Waals surface area (Å²) in [5, 5.41) is 12.3. The Balaban J connectivity index is 0.00000139. The van der Waals surface area contributed by atoms with Gasteiger partial charge in [0.1, 0.15) is 11.5 Å². The van der Waals surface area contributed by atoms with Crippen molar-refractivity contribution in [1.29, 1.82) is 0 Å². The van der Waals surface area contributed by atoms with Crippen LogP contribution in [0.25, 0.3) is 11.1 Å². The summed E-state index contributed by atoms with van der Waals surface area (Å²) in [7, 11) is 1.62. The second-order valence-electron chi connectivity index (χ2n) is 4.78. The van der Waals surface area contributed by atoms with Crippen LogP contribution in [0.2, 0.25) is 0 Å². The molecule has 0 heterocycles. The molecular weight excluding hydrogens is 306 g/mol. The molecule has 0 aliphatic heterocycles. The molecule has 0 amide bonds. The molecular formula is C17H24N5O2+. The molecule has 7 nitrogen and oxygen atoms in total. The molecule has 6 N–H and O–H groups in total. The maximum absolute atomic E-state index is 10.6. The highest BCUT2D eigenvalue weighted by atomic mass is 16.5. The van der Waals surface area contributed by atoms with Crippen molar-refractivity contribution >= 4 is 17.2 Å². The molecule has 0 bridgehead atoms. The van der Waals surface area contributed by atoms with E-state index in [9.17, 15) is 10.1 Å². The van der Waals surface area contributed by atoms with Gasteiger partial charge in [-0.15, -0.1) is 4.91 Å². The summed E-state index contributed by atoms with van der Waals surface area (Å²) >= 11 is 0. The van der Waals surface area contributed by atoms with Crippen LogP contribution in [0.15, 0.2) is 46.6 Å². The van der Waals surface area contributed by atoms with Crippen LogP contribution < -0.4 is 16.7 Å². The fraction of sp³-hybridized carbons (Fsp3) is 0.235. The van der Waals surface area contributed by atoms with E-state index < -0.39 is 0 Å². The Morgan fingerprint density at radius 2 is 1.92 bits per heavy atom.